The Hall–Kier alpha value is -2.36. The average molecular weight is 287 g/mol. The molecule has 0 saturated carbocycles. The largest absolute Gasteiger partial charge is 0.497 e. The average Bonchev–Trinajstić information content (AvgIpc) is 2.53. The summed E-state index contributed by atoms with van der Waals surface area (Å²) in [6.07, 6.45) is 1.10. The third-order valence-corrected chi connectivity index (χ3v) is 3.20. The van der Waals surface area contributed by atoms with Crippen LogP contribution in [0.3, 0.4) is 0 Å². The second kappa shape index (κ2) is 7.43. The zero-order valence-corrected chi connectivity index (χ0v) is 11.9. The van der Waals surface area contributed by atoms with Crippen LogP contribution in [0, 0.1) is 5.82 Å². The van der Waals surface area contributed by atoms with Crippen molar-refractivity contribution in [3.63, 3.8) is 0 Å². The standard InChI is InChI=1S/C17H18FNO2/c1-21-16-9-4-13(5-10-16)6-11-17(20)19-12-14-2-7-15(18)8-3-14/h2-5,7-10H,6,11-12H2,1H3,(H,19,20). The first-order chi connectivity index (χ1) is 10.2. The Morgan fingerprint density at radius 1 is 1.05 bits per heavy atom. The number of nitrogens with one attached hydrogen (secondary N) is 1. The number of carbonyl (C=O) groups is 1. The summed E-state index contributed by atoms with van der Waals surface area (Å²) >= 11 is 0. The van der Waals surface area contributed by atoms with Crippen LogP contribution < -0.4 is 10.1 Å². The van der Waals surface area contributed by atoms with Crippen LogP contribution >= 0.6 is 0 Å². The first kappa shape index (κ1) is 15.0. The Morgan fingerprint density at radius 2 is 1.67 bits per heavy atom. The molecule has 3 nitrogen and oxygen atoms in total. The van der Waals surface area contributed by atoms with Gasteiger partial charge in [0.2, 0.25) is 5.91 Å². The Balaban J connectivity index is 1.75. The van der Waals surface area contributed by atoms with Gasteiger partial charge in [0.05, 0.1) is 7.11 Å². The summed E-state index contributed by atoms with van der Waals surface area (Å²) < 4.78 is 17.8. The van der Waals surface area contributed by atoms with Crippen molar-refractivity contribution in [1.29, 1.82) is 0 Å². The third-order valence-electron chi connectivity index (χ3n) is 3.20. The topological polar surface area (TPSA) is 38.3 Å². The van der Waals surface area contributed by atoms with Crippen LogP contribution in [-0.2, 0) is 17.8 Å². The van der Waals surface area contributed by atoms with Gasteiger partial charge in [-0.25, -0.2) is 4.39 Å². The molecule has 0 aliphatic rings. The molecule has 0 bridgehead atoms. The van der Waals surface area contributed by atoms with E-state index < -0.39 is 0 Å². The number of ether oxygens (including phenoxy) is 1. The number of rotatable bonds is 6. The van der Waals surface area contributed by atoms with Crippen LogP contribution in [0.25, 0.3) is 0 Å². The second-order valence-electron chi connectivity index (χ2n) is 4.75. The molecule has 4 heteroatoms. The van der Waals surface area contributed by atoms with Crippen molar-refractivity contribution in [1.82, 2.24) is 5.32 Å². The maximum Gasteiger partial charge on any atom is 0.220 e. The molecular weight excluding hydrogens is 269 g/mol. The fraction of sp³-hybridized carbons (Fsp3) is 0.235. The lowest BCUT2D eigenvalue weighted by Gasteiger charge is -2.06. The molecule has 0 radical (unpaired) electrons. The normalized spacial score (nSPS) is 10.2. The zero-order chi connectivity index (χ0) is 15.1. The monoisotopic (exact) mass is 287 g/mol. The number of benzene rings is 2. The van der Waals surface area contributed by atoms with E-state index >= 15 is 0 Å². The van der Waals surface area contributed by atoms with Crippen LogP contribution in [0.5, 0.6) is 5.75 Å². The molecule has 2 rings (SSSR count). The van der Waals surface area contributed by atoms with Crippen LogP contribution in [0.1, 0.15) is 17.5 Å². The molecule has 0 unspecified atom stereocenters. The quantitative estimate of drug-likeness (QED) is 0.886. The van der Waals surface area contributed by atoms with Crippen molar-refractivity contribution < 1.29 is 13.9 Å². The van der Waals surface area contributed by atoms with Crippen molar-refractivity contribution in [3.8, 4) is 5.75 Å². The summed E-state index contributed by atoms with van der Waals surface area (Å²) in [5.74, 6) is 0.513. The van der Waals surface area contributed by atoms with Gasteiger partial charge in [-0.3, -0.25) is 4.79 Å². The Bertz CT molecular complexity index is 579. The first-order valence-corrected chi connectivity index (χ1v) is 6.81. The predicted molar refractivity (Wildman–Crippen MR) is 79.6 cm³/mol. The number of amides is 1. The highest BCUT2D eigenvalue weighted by atomic mass is 19.1. The molecule has 0 aliphatic heterocycles. The van der Waals surface area contributed by atoms with Gasteiger partial charge in [-0.05, 0) is 41.8 Å². The second-order valence-corrected chi connectivity index (χ2v) is 4.75. The molecule has 1 amide bonds. The van der Waals surface area contributed by atoms with Gasteiger partial charge in [-0.15, -0.1) is 0 Å². The molecular formula is C17H18FNO2. The molecule has 0 aromatic heterocycles. The molecule has 0 saturated heterocycles. The number of hydrogen-bond donors (Lipinski definition) is 1. The number of aryl methyl sites for hydroxylation is 1. The molecule has 0 fully saturated rings. The molecule has 2 aromatic rings. The van der Waals surface area contributed by atoms with Crippen molar-refractivity contribution in [2.45, 2.75) is 19.4 Å². The van der Waals surface area contributed by atoms with Gasteiger partial charge in [-0.1, -0.05) is 24.3 Å². The van der Waals surface area contributed by atoms with E-state index in [1.807, 2.05) is 24.3 Å². The van der Waals surface area contributed by atoms with E-state index in [0.29, 0.717) is 19.4 Å². The predicted octanol–water partition coefficient (Wildman–Crippen LogP) is 3.08. The van der Waals surface area contributed by atoms with Crippen molar-refractivity contribution >= 4 is 5.91 Å². The van der Waals surface area contributed by atoms with Gasteiger partial charge >= 0.3 is 0 Å². The minimum atomic E-state index is -0.274. The fourth-order valence-electron chi connectivity index (χ4n) is 1.94. The van der Waals surface area contributed by atoms with Gasteiger partial charge < -0.3 is 10.1 Å². The van der Waals surface area contributed by atoms with Crippen molar-refractivity contribution in [2.75, 3.05) is 7.11 Å². The molecule has 2 aromatic carbocycles. The van der Waals surface area contributed by atoms with Gasteiger partial charge in [0.1, 0.15) is 11.6 Å². The molecule has 0 aliphatic carbocycles. The maximum atomic E-state index is 12.8. The van der Waals surface area contributed by atoms with Gasteiger partial charge in [0.15, 0.2) is 0 Å². The van der Waals surface area contributed by atoms with Crippen molar-refractivity contribution in [2.24, 2.45) is 0 Å². The number of methoxy groups -OCH3 is 1. The lowest BCUT2D eigenvalue weighted by Crippen LogP contribution is -2.22. The molecule has 0 atom stereocenters. The summed E-state index contributed by atoms with van der Waals surface area (Å²) in [6.45, 7) is 0.418. The summed E-state index contributed by atoms with van der Waals surface area (Å²) in [4.78, 5) is 11.8. The highest BCUT2D eigenvalue weighted by molar-refractivity contribution is 5.76. The van der Waals surface area contributed by atoms with Crippen LogP contribution in [0.15, 0.2) is 48.5 Å². The highest BCUT2D eigenvalue weighted by Gasteiger charge is 2.03. The molecule has 1 N–H and O–H groups in total. The van der Waals surface area contributed by atoms with Crippen LogP contribution in [0.4, 0.5) is 4.39 Å². The van der Waals surface area contributed by atoms with E-state index in [4.69, 9.17) is 4.74 Å². The van der Waals surface area contributed by atoms with Gasteiger partial charge in [-0.2, -0.15) is 0 Å². The van der Waals surface area contributed by atoms with E-state index in [2.05, 4.69) is 5.32 Å². The number of hydrogen-bond acceptors (Lipinski definition) is 2. The van der Waals surface area contributed by atoms with E-state index in [9.17, 15) is 9.18 Å². The zero-order valence-electron chi connectivity index (χ0n) is 11.9. The fourth-order valence-corrected chi connectivity index (χ4v) is 1.94. The first-order valence-electron chi connectivity index (χ1n) is 6.81. The summed E-state index contributed by atoms with van der Waals surface area (Å²) in [6, 6.07) is 13.8. The van der Waals surface area contributed by atoms with Gasteiger partial charge in [0.25, 0.3) is 0 Å². The number of carbonyl (C=O) groups excluding carboxylic acids is 1. The van der Waals surface area contributed by atoms with Crippen molar-refractivity contribution in [3.05, 3.63) is 65.5 Å². The number of halogens is 1. The van der Waals surface area contributed by atoms with E-state index in [0.717, 1.165) is 16.9 Å². The summed E-state index contributed by atoms with van der Waals surface area (Å²) in [5, 5.41) is 2.83. The maximum absolute atomic E-state index is 12.8. The van der Waals surface area contributed by atoms with Crippen LogP contribution in [-0.4, -0.2) is 13.0 Å². The molecule has 0 spiro atoms. The van der Waals surface area contributed by atoms with E-state index in [1.54, 1.807) is 19.2 Å². The highest BCUT2D eigenvalue weighted by Crippen LogP contribution is 2.12. The molecule has 110 valence electrons. The third kappa shape index (κ3) is 4.91. The van der Waals surface area contributed by atoms with Gasteiger partial charge in [0, 0.05) is 13.0 Å². The Kier molecular flexibility index (Phi) is 5.32. The summed E-state index contributed by atoms with van der Waals surface area (Å²) in [7, 11) is 1.62. The lowest BCUT2D eigenvalue weighted by atomic mass is 10.1. The molecule has 21 heavy (non-hydrogen) atoms. The van der Waals surface area contributed by atoms with Crippen LogP contribution in [0.2, 0.25) is 0 Å². The van der Waals surface area contributed by atoms with E-state index in [1.165, 1.54) is 12.1 Å². The Labute approximate surface area is 123 Å². The molecule has 0 heterocycles. The lowest BCUT2D eigenvalue weighted by molar-refractivity contribution is -0.121. The minimum Gasteiger partial charge on any atom is -0.497 e. The SMILES string of the molecule is COc1ccc(CCC(=O)NCc2ccc(F)cc2)cc1. The summed E-state index contributed by atoms with van der Waals surface area (Å²) in [5.41, 5.74) is 1.97. The smallest absolute Gasteiger partial charge is 0.220 e. The Morgan fingerprint density at radius 3 is 2.29 bits per heavy atom. The van der Waals surface area contributed by atoms with E-state index in [-0.39, 0.29) is 11.7 Å². The minimum absolute atomic E-state index is 0.0184.